The van der Waals surface area contributed by atoms with E-state index in [1.54, 1.807) is 0 Å². The zero-order valence-corrected chi connectivity index (χ0v) is 9.29. The molecule has 0 saturated carbocycles. The van der Waals surface area contributed by atoms with Crippen molar-refractivity contribution in [1.82, 2.24) is 4.98 Å². The summed E-state index contributed by atoms with van der Waals surface area (Å²) in [6, 6.07) is 7.73. The van der Waals surface area contributed by atoms with Gasteiger partial charge in [0.15, 0.2) is 0 Å². The summed E-state index contributed by atoms with van der Waals surface area (Å²) in [4.78, 5) is 14.4. The molecule has 2 heteroatoms. The molecule has 0 amide bonds. The van der Waals surface area contributed by atoms with Crippen LogP contribution < -0.4 is 5.56 Å². The van der Waals surface area contributed by atoms with E-state index >= 15 is 0 Å². The molecule has 2 nitrogen and oxygen atoms in total. The van der Waals surface area contributed by atoms with E-state index < -0.39 is 0 Å². The highest BCUT2D eigenvalue weighted by molar-refractivity contribution is 5.85. The van der Waals surface area contributed by atoms with Crippen molar-refractivity contribution in [2.24, 2.45) is 0 Å². The average Bonchev–Trinajstić information content (AvgIpc) is 2.17. The van der Waals surface area contributed by atoms with Crippen LogP contribution in [-0.2, 0) is 5.41 Å². The summed E-state index contributed by atoms with van der Waals surface area (Å²) in [7, 11) is 0. The summed E-state index contributed by atoms with van der Waals surface area (Å²) in [5.74, 6) is 0. The van der Waals surface area contributed by atoms with Gasteiger partial charge in [0.1, 0.15) is 0 Å². The molecule has 0 saturated heterocycles. The maximum atomic E-state index is 11.6. The molecule has 0 spiro atoms. The van der Waals surface area contributed by atoms with Crippen LogP contribution in [0.2, 0.25) is 0 Å². The number of H-pyrrole nitrogens is 1. The van der Waals surface area contributed by atoms with Crippen LogP contribution in [-0.4, -0.2) is 4.98 Å². The molecule has 0 atom stereocenters. The summed E-state index contributed by atoms with van der Waals surface area (Å²) >= 11 is 0. The smallest absolute Gasteiger partial charge is 0.255 e. The third kappa shape index (κ3) is 1.67. The number of rotatable bonds is 0. The largest absolute Gasteiger partial charge is 0.328 e. The van der Waals surface area contributed by atoms with E-state index in [1.165, 1.54) is 5.56 Å². The number of benzene rings is 1. The van der Waals surface area contributed by atoms with Crippen molar-refractivity contribution >= 4 is 10.8 Å². The molecule has 0 aliphatic rings. The number of aromatic nitrogens is 1. The average molecular weight is 201 g/mol. The van der Waals surface area contributed by atoms with E-state index in [9.17, 15) is 4.79 Å². The van der Waals surface area contributed by atoms with Crippen molar-refractivity contribution in [2.75, 3.05) is 0 Å². The second kappa shape index (κ2) is 3.23. The molecule has 78 valence electrons. The lowest BCUT2D eigenvalue weighted by Gasteiger charge is -2.20. The third-order valence-corrected chi connectivity index (χ3v) is 2.62. The number of hydrogen-bond acceptors (Lipinski definition) is 1. The summed E-state index contributed by atoms with van der Waals surface area (Å²) in [6.07, 6.45) is 1.82. The molecule has 2 aromatic rings. The molecule has 2 rings (SSSR count). The summed E-state index contributed by atoms with van der Waals surface area (Å²) in [5.41, 5.74) is 1.21. The Morgan fingerprint density at radius 3 is 2.27 bits per heavy atom. The zero-order valence-electron chi connectivity index (χ0n) is 9.29. The predicted octanol–water partition coefficient (Wildman–Crippen LogP) is 2.83. The van der Waals surface area contributed by atoms with E-state index in [4.69, 9.17) is 0 Å². The molecule has 1 aromatic carbocycles. The first kappa shape index (κ1) is 9.97. The van der Waals surface area contributed by atoms with E-state index in [2.05, 4.69) is 25.8 Å². The van der Waals surface area contributed by atoms with Crippen molar-refractivity contribution in [1.29, 1.82) is 0 Å². The SMILES string of the molecule is CC(C)(C)c1c[nH]c(=O)c2ccccc12. The van der Waals surface area contributed by atoms with Gasteiger partial charge in [-0.05, 0) is 22.4 Å². The Kier molecular flexibility index (Phi) is 2.14. The van der Waals surface area contributed by atoms with Crippen LogP contribution in [0, 0.1) is 0 Å². The predicted molar refractivity (Wildman–Crippen MR) is 63.3 cm³/mol. The molecular formula is C13H15NO. The lowest BCUT2D eigenvalue weighted by molar-refractivity contribution is 0.593. The van der Waals surface area contributed by atoms with Gasteiger partial charge in [-0.25, -0.2) is 0 Å². The van der Waals surface area contributed by atoms with Gasteiger partial charge in [-0.1, -0.05) is 39.0 Å². The van der Waals surface area contributed by atoms with Gasteiger partial charge in [0.2, 0.25) is 0 Å². The number of aromatic amines is 1. The monoisotopic (exact) mass is 201 g/mol. The molecular weight excluding hydrogens is 186 g/mol. The lowest BCUT2D eigenvalue weighted by atomic mass is 9.85. The standard InChI is InChI=1S/C13H15NO/c1-13(2,3)11-8-14-12(15)10-7-5-4-6-9(10)11/h4-8H,1-3H3,(H,14,15). The van der Waals surface area contributed by atoms with Crippen LogP contribution in [0.1, 0.15) is 26.3 Å². The van der Waals surface area contributed by atoms with Gasteiger partial charge in [-0.2, -0.15) is 0 Å². The Morgan fingerprint density at radius 1 is 1.07 bits per heavy atom. The van der Waals surface area contributed by atoms with Crippen LogP contribution >= 0.6 is 0 Å². The zero-order chi connectivity index (χ0) is 11.1. The Bertz CT molecular complexity index is 546. The van der Waals surface area contributed by atoms with E-state index in [1.807, 2.05) is 30.5 Å². The molecule has 15 heavy (non-hydrogen) atoms. The van der Waals surface area contributed by atoms with Gasteiger partial charge in [0, 0.05) is 11.6 Å². The number of hydrogen-bond donors (Lipinski definition) is 1. The molecule has 1 aromatic heterocycles. The second-order valence-corrected chi connectivity index (χ2v) is 4.83. The minimum absolute atomic E-state index is 0.0152. The van der Waals surface area contributed by atoms with Crippen molar-refractivity contribution < 1.29 is 0 Å². The summed E-state index contributed by atoms with van der Waals surface area (Å²) in [5, 5.41) is 1.82. The van der Waals surface area contributed by atoms with E-state index in [0.29, 0.717) is 0 Å². The van der Waals surface area contributed by atoms with E-state index in [-0.39, 0.29) is 11.0 Å². The minimum Gasteiger partial charge on any atom is -0.328 e. The topological polar surface area (TPSA) is 32.9 Å². The van der Waals surface area contributed by atoms with Gasteiger partial charge >= 0.3 is 0 Å². The molecule has 0 bridgehead atoms. The van der Waals surface area contributed by atoms with Gasteiger partial charge in [-0.3, -0.25) is 4.79 Å². The number of pyridine rings is 1. The Hall–Kier alpha value is -1.57. The van der Waals surface area contributed by atoms with Crippen LogP contribution in [0.4, 0.5) is 0 Å². The molecule has 0 fully saturated rings. The second-order valence-electron chi connectivity index (χ2n) is 4.83. The highest BCUT2D eigenvalue weighted by Crippen LogP contribution is 2.27. The minimum atomic E-state index is -0.0152. The maximum absolute atomic E-state index is 11.6. The van der Waals surface area contributed by atoms with Crippen LogP contribution in [0.25, 0.3) is 10.8 Å². The van der Waals surface area contributed by atoms with Gasteiger partial charge in [0.25, 0.3) is 5.56 Å². The molecule has 1 N–H and O–H groups in total. The first-order chi connectivity index (χ1) is 7.00. The normalized spacial score (nSPS) is 11.9. The van der Waals surface area contributed by atoms with Crippen LogP contribution in [0.3, 0.4) is 0 Å². The van der Waals surface area contributed by atoms with Crippen LogP contribution in [0.5, 0.6) is 0 Å². The number of fused-ring (bicyclic) bond motifs is 1. The van der Waals surface area contributed by atoms with Crippen LogP contribution in [0.15, 0.2) is 35.3 Å². The molecule has 0 radical (unpaired) electrons. The van der Waals surface area contributed by atoms with E-state index in [0.717, 1.165) is 10.8 Å². The summed E-state index contributed by atoms with van der Waals surface area (Å²) in [6.45, 7) is 6.44. The van der Waals surface area contributed by atoms with Crippen molar-refractivity contribution in [3.8, 4) is 0 Å². The quantitative estimate of drug-likeness (QED) is 0.698. The van der Waals surface area contributed by atoms with Crippen molar-refractivity contribution in [3.63, 3.8) is 0 Å². The molecule has 0 aliphatic carbocycles. The molecule has 1 heterocycles. The van der Waals surface area contributed by atoms with Crippen molar-refractivity contribution in [3.05, 3.63) is 46.4 Å². The Balaban J connectivity index is 2.90. The van der Waals surface area contributed by atoms with Gasteiger partial charge in [-0.15, -0.1) is 0 Å². The first-order valence-corrected chi connectivity index (χ1v) is 5.11. The molecule has 0 aliphatic heterocycles. The molecule has 0 unspecified atom stereocenters. The third-order valence-electron chi connectivity index (χ3n) is 2.62. The Labute approximate surface area is 89.0 Å². The van der Waals surface area contributed by atoms with Gasteiger partial charge < -0.3 is 4.98 Å². The maximum Gasteiger partial charge on any atom is 0.255 e. The first-order valence-electron chi connectivity index (χ1n) is 5.11. The fourth-order valence-electron chi connectivity index (χ4n) is 1.83. The summed E-state index contributed by atoms with van der Waals surface area (Å²) < 4.78 is 0. The Morgan fingerprint density at radius 2 is 1.67 bits per heavy atom. The van der Waals surface area contributed by atoms with Gasteiger partial charge in [0.05, 0.1) is 0 Å². The fourth-order valence-corrected chi connectivity index (χ4v) is 1.83. The lowest BCUT2D eigenvalue weighted by Crippen LogP contribution is -2.16. The van der Waals surface area contributed by atoms with Crippen molar-refractivity contribution in [2.45, 2.75) is 26.2 Å². The fraction of sp³-hybridized carbons (Fsp3) is 0.308. The highest BCUT2D eigenvalue weighted by atomic mass is 16.1. The number of nitrogens with one attached hydrogen (secondary N) is 1. The highest BCUT2D eigenvalue weighted by Gasteiger charge is 2.17.